The number of rotatable bonds is 4. The van der Waals surface area contributed by atoms with Crippen molar-refractivity contribution in [1.82, 2.24) is 0 Å². The van der Waals surface area contributed by atoms with E-state index in [1.807, 2.05) is 6.07 Å². The highest BCUT2D eigenvalue weighted by molar-refractivity contribution is 5.39. The summed E-state index contributed by atoms with van der Waals surface area (Å²) in [6.45, 7) is 4.84. The van der Waals surface area contributed by atoms with Crippen molar-refractivity contribution in [3.05, 3.63) is 23.8 Å². The summed E-state index contributed by atoms with van der Waals surface area (Å²) < 4.78 is 5.50. The Kier molecular flexibility index (Phi) is 3.62. The third-order valence-corrected chi connectivity index (χ3v) is 1.89. The molecule has 0 heterocycles. The number of aryl methyl sites for hydroxylation is 1. The molecule has 1 aromatic rings. The number of benzene rings is 1. The summed E-state index contributed by atoms with van der Waals surface area (Å²) in [5.74, 6) is 1.08. The van der Waals surface area contributed by atoms with Crippen LogP contribution >= 0.6 is 0 Å². The number of ether oxygens (including phenoxy) is 1. The van der Waals surface area contributed by atoms with E-state index in [0.717, 1.165) is 24.2 Å². The summed E-state index contributed by atoms with van der Waals surface area (Å²) in [6.07, 6.45) is 1.91. The first-order valence-electron chi connectivity index (χ1n) is 4.72. The Hall–Kier alpha value is -1.18. The van der Waals surface area contributed by atoms with Crippen molar-refractivity contribution < 1.29 is 9.84 Å². The van der Waals surface area contributed by atoms with Gasteiger partial charge in [0.05, 0.1) is 6.61 Å². The highest BCUT2D eigenvalue weighted by Gasteiger charge is 2.02. The average Bonchev–Trinajstić information content (AvgIpc) is 2.15. The summed E-state index contributed by atoms with van der Waals surface area (Å²) in [6, 6.07) is 5.27. The van der Waals surface area contributed by atoms with Crippen LogP contribution in [-0.2, 0) is 6.42 Å². The maximum Gasteiger partial charge on any atom is 0.126 e. The Morgan fingerprint density at radius 2 is 2.08 bits per heavy atom. The fourth-order valence-corrected chi connectivity index (χ4v) is 1.18. The summed E-state index contributed by atoms with van der Waals surface area (Å²) in [4.78, 5) is 0. The molecule has 0 aromatic heterocycles. The molecule has 0 atom stereocenters. The lowest BCUT2D eigenvalue weighted by atomic mass is 10.1. The average molecular weight is 180 g/mol. The van der Waals surface area contributed by atoms with E-state index in [0.29, 0.717) is 6.61 Å². The van der Waals surface area contributed by atoms with E-state index in [1.165, 1.54) is 0 Å². The van der Waals surface area contributed by atoms with Crippen molar-refractivity contribution in [2.24, 2.45) is 0 Å². The molecule has 0 saturated carbocycles. The molecule has 0 fully saturated rings. The Labute approximate surface area is 79.2 Å². The first-order valence-corrected chi connectivity index (χ1v) is 4.72. The molecule has 0 saturated heterocycles. The van der Waals surface area contributed by atoms with Crippen molar-refractivity contribution in [3.8, 4) is 11.5 Å². The van der Waals surface area contributed by atoms with E-state index in [1.54, 1.807) is 12.1 Å². The maximum atomic E-state index is 9.25. The Morgan fingerprint density at radius 1 is 1.31 bits per heavy atom. The van der Waals surface area contributed by atoms with E-state index in [2.05, 4.69) is 13.8 Å². The lowest BCUT2D eigenvalue weighted by Crippen LogP contribution is -1.97. The van der Waals surface area contributed by atoms with Crippen molar-refractivity contribution in [2.75, 3.05) is 6.61 Å². The first kappa shape index (κ1) is 9.90. The Bertz CT molecular complexity index is 269. The number of hydrogen-bond acceptors (Lipinski definition) is 2. The molecule has 0 radical (unpaired) electrons. The van der Waals surface area contributed by atoms with Gasteiger partial charge in [-0.1, -0.05) is 19.9 Å². The number of hydrogen-bond donors (Lipinski definition) is 1. The smallest absolute Gasteiger partial charge is 0.126 e. The van der Waals surface area contributed by atoms with Gasteiger partial charge in [-0.2, -0.15) is 0 Å². The van der Waals surface area contributed by atoms with Gasteiger partial charge in [-0.05, 0) is 24.5 Å². The second kappa shape index (κ2) is 4.75. The molecular formula is C11H16O2. The van der Waals surface area contributed by atoms with Crippen LogP contribution in [0.5, 0.6) is 11.5 Å². The lowest BCUT2D eigenvalue weighted by molar-refractivity contribution is 0.312. The molecule has 1 N–H and O–H groups in total. The van der Waals surface area contributed by atoms with Crippen molar-refractivity contribution in [3.63, 3.8) is 0 Å². The monoisotopic (exact) mass is 180 g/mol. The highest BCUT2D eigenvalue weighted by atomic mass is 16.5. The zero-order chi connectivity index (χ0) is 9.68. The molecule has 1 rings (SSSR count). The predicted molar refractivity (Wildman–Crippen MR) is 53.3 cm³/mol. The van der Waals surface area contributed by atoms with Gasteiger partial charge in [0.25, 0.3) is 0 Å². The fraction of sp³-hybridized carbons (Fsp3) is 0.455. The minimum atomic E-state index is 0.267. The second-order valence-corrected chi connectivity index (χ2v) is 2.99. The molecule has 0 bridgehead atoms. The van der Waals surface area contributed by atoms with Crippen LogP contribution < -0.4 is 4.74 Å². The van der Waals surface area contributed by atoms with Gasteiger partial charge in [0.15, 0.2) is 0 Å². The largest absolute Gasteiger partial charge is 0.508 e. The lowest BCUT2D eigenvalue weighted by Gasteiger charge is -2.09. The van der Waals surface area contributed by atoms with Gasteiger partial charge < -0.3 is 9.84 Å². The van der Waals surface area contributed by atoms with Crippen LogP contribution in [-0.4, -0.2) is 11.7 Å². The quantitative estimate of drug-likeness (QED) is 0.772. The van der Waals surface area contributed by atoms with Crippen LogP contribution in [0.2, 0.25) is 0 Å². The molecule has 2 nitrogen and oxygen atoms in total. The van der Waals surface area contributed by atoms with Gasteiger partial charge in [-0.25, -0.2) is 0 Å². The van der Waals surface area contributed by atoms with Gasteiger partial charge in [0.2, 0.25) is 0 Å². The van der Waals surface area contributed by atoms with Crippen molar-refractivity contribution in [1.29, 1.82) is 0 Å². The molecule has 2 heteroatoms. The van der Waals surface area contributed by atoms with Gasteiger partial charge in [-0.15, -0.1) is 0 Å². The normalized spacial score (nSPS) is 10.0. The fourth-order valence-electron chi connectivity index (χ4n) is 1.18. The Morgan fingerprint density at radius 3 is 2.69 bits per heavy atom. The van der Waals surface area contributed by atoms with Gasteiger partial charge in [-0.3, -0.25) is 0 Å². The molecule has 0 aliphatic rings. The van der Waals surface area contributed by atoms with Gasteiger partial charge in [0, 0.05) is 6.07 Å². The summed E-state index contributed by atoms with van der Waals surface area (Å²) in [7, 11) is 0. The SMILES string of the molecule is CCCOc1cc(O)ccc1CC. The molecule has 0 unspecified atom stereocenters. The van der Waals surface area contributed by atoms with E-state index in [9.17, 15) is 5.11 Å². The van der Waals surface area contributed by atoms with E-state index < -0.39 is 0 Å². The second-order valence-electron chi connectivity index (χ2n) is 2.99. The van der Waals surface area contributed by atoms with Crippen LogP contribution in [0.15, 0.2) is 18.2 Å². The van der Waals surface area contributed by atoms with Crippen LogP contribution in [0.3, 0.4) is 0 Å². The molecule has 0 amide bonds. The van der Waals surface area contributed by atoms with E-state index in [-0.39, 0.29) is 5.75 Å². The van der Waals surface area contributed by atoms with Crippen molar-refractivity contribution >= 4 is 0 Å². The number of phenols is 1. The molecule has 0 aliphatic carbocycles. The van der Waals surface area contributed by atoms with E-state index in [4.69, 9.17) is 4.74 Å². The van der Waals surface area contributed by atoms with Gasteiger partial charge in [0.1, 0.15) is 11.5 Å². The zero-order valence-corrected chi connectivity index (χ0v) is 8.21. The van der Waals surface area contributed by atoms with Crippen LogP contribution in [0.1, 0.15) is 25.8 Å². The third kappa shape index (κ3) is 2.65. The summed E-state index contributed by atoms with van der Waals surface area (Å²) >= 11 is 0. The molecule has 72 valence electrons. The Balaban J connectivity index is 2.81. The van der Waals surface area contributed by atoms with Crippen LogP contribution in [0.4, 0.5) is 0 Å². The van der Waals surface area contributed by atoms with Gasteiger partial charge >= 0.3 is 0 Å². The summed E-state index contributed by atoms with van der Waals surface area (Å²) in [5, 5.41) is 9.25. The number of aromatic hydroxyl groups is 1. The summed E-state index contributed by atoms with van der Waals surface area (Å²) in [5.41, 5.74) is 1.14. The molecule has 0 spiro atoms. The van der Waals surface area contributed by atoms with Crippen molar-refractivity contribution in [2.45, 2.75) is 26.7 Å². The minimum Gasteiger partial charge on any atom is -0.508 e. The maximum absolute atomic E-state index is 9.25. The zero-order valence-electron chi connectivity index (χ0n) is 8.21. The molecule has 1 aromatic carbocycles. The number of phenolic OH excluding ortho intramolecular Hbond substituents is 1. The van der Waals surface area contributed by atoms with E-state index >= 15 is 0 Å². The molecule has 0 aliphatic heterocycles. The standard InChI is InChI=1S/C11H16O2/c1-3-7-13-11-8-10(12)6-5-9(11)4-2/h5-6,8,12H,3-4,7H2,1-2H3. The molecular weight excluding hydrogens is 164 g/mol. The molecule has 13 heavy (non-hydrogen) atoms. The minimum absolute atomic E-state index is 0.267. The predicted octanol–water partition coefficient (Wildman–Crippen LogP) is 2.74. The highest BCUT2D eigenvalue weighted by Crippen LogP contribution is 2.24. The van der Waals surface area contributed by atoms with Crippen LogP contribution in [0.25, 0.3) is 0 Å². The first-order chi connectivity index (χ1) is 6.27. The van der Waals surface area contributed by atoms with Crippen LogP contribution in [0, 0.1) is 0 Å². The topological polar surface area (TPSA) is 29.5 Å². The third-order valence-electron chi connectivity index (χ3n) is 1.89.